The molecule has 2 rings (SSSR count). The first-order valence-corrected chi connectivity index (χ1v) is 6.06. The number of hydrogen-bond donors (Lipinski definition) is 1. The van der Waals surface area contributed by atoms with E-state index in [0.717, 1.165) is 6.07 Å². The molecule has 0 spiro atoms. The van der Waals surface area contributed by atoms with E-state index in [1.807, 2.05) is 0 Å². The molecule has 1 aliphatic heterocycles. The van der Waals surface area contributed by atoms with Crippen molar-refractivity contribution in [3.05, 3.63) is 35.1 Å². The third kappa shape index (κ3) is 3.06. The van der Waals surface area contributed by atoms with Crippen LogP contribution >= 0.6 is 0 Å². The average molecular weight is 277 g/mol. The van der Waals surface area contributed by atoms with Crippen LogP contribution in [-0.2, 0) is 10.9 Å². The standard InChI is InChI=1S/C13H15F4NO/c1-18-7-8-4-5-19-12(8)10-3-2-9(14)6-11(10)13(15,16)17/h2-3,6,8,12,18H,4-5,7H2,1H3. The van der Waals surface area contributed by atoms with Crippen molar-refractivity contribution in [1.29, 1.82) is 0 Å². The van der Waals surface area contributed by atoms with Gasteiger partial charge in [-0.05, 0) is 31.2 Å². The number of benzene rings is 1. The van der Waals surface area contributed by atoms with Crippen molar-refractivity contribution in [1.82, 2.24) is 5.32 Å². The second kappa shape index (κ2) is 5.46. The Labute approximate surface area is 108 Å². The maximum atomic E-state index is 13.1. The van der Waals surface area contributed by atoms with E-state index in [1.54, 1.807) is 7.05 Å². The second-order valence-corrected chi connectivity index (χ2v) is 4.63. The molecule has 1 aromatic carbocycles. The van der Waals surface area contributed by atoms with Gasteiger partial charge in [0.2, 0.25) is 0 Å². The molecule has 0 radical (unpaired) electrons. The lowest BCUT2D eigenvalue weighted by molar-refractivity contribution is -0.139. The summed E-state index contributed by atoms with van der Waals surface area (Å²) in [5, 5.41) is 2.94. The molecular weight excluding hydrogens is 262 g/mol. The first kappa shape index (κ1) is 14.3. The molecule has 0 amide bonds. The summed E-state index contributed by atoms with van der Waals surface area (Å²) in [6.07, 6.45) is -4.52. The van der Waals surface area contributed by atoms with Crippen LogP contribution in [0.25, 0.3) is 0 Å². The summed E-state index contributed by atoms with van der Waals surface area (Å²) in [6.45, 7) is 0.991. The molecule has 1 saturated heterocycles. The lowest BCUT2D eigenvalue weighted by atomic mass is 9.91. The molecule has 2 atom stereocenters. The normalized spacial score (nSPS) is 23.8. The number of alkyl halides is 3. The number of ether oxygens (including phenoxy) is 1. The molecule has 0 bridgehead atoms. The highest BCUT2D eigenvalue weighted by Crippen LogP contribution is 2.41. The quantitative estimate of drug-likeness (QED) is 0.857. The minimum absolute atomic E-state index is 0.0200. The van der Waals surface area contributed by atoms with Crippen LogP contribution in [0.15, 0.2) is 18.2 Å². The zero-order chi connectivity index (χ0) is 14.0. The van der Waals surface area contributed by atoms with Crippen molar-refractivity contribution in [2.24, 2.45) is 5.92 Å². The molecule has 2 nitrogen and oxygen atoms in total. The van der Waals surface area contributed by atoms with Crippen LogP contribution < -0.4 is 5.32 Å². The predicted octanol–water partition coefficient (Wildman–Crippen LogP) is 3.14. The van der Waals surface area contributed by atoms with Gasteiger partial charge in [0.1, 0.15) is 5.82 Å². The van der Waals surface area contributed by atoms with Gasteiger partial charge in [-0.1, -0.05) is 6.07 Å². The number of hydrogen-bond acceptors (Lipinski definition) is 2. The van der Waals surface area contributed by atoms with E-state index in [0.29, 0.717) is 25.6 Å². The van der Waals surface area contributed by atoms with Gasteiger partial charge < -0.3 is 10.1 Å². The molecule has 0 aliphatic carbocycles. The Hall–Kier alpha value is -1.14. The van der Waals surface area contributed by atoms with Gasteiger partial charge >= 0.3 is 6.18 Å². The Balaban J connectivity index is 2.38. The monoisotopic (exact) mass is 277 g/mol. The fourth-order valence-corrected chi connectivity index (χ4v) is 2.47. The molecule has 1 fully saturated rings. The molecule has 0 aromatic heterocycles. The van der Waals surface area contributed by atoms with E-state index in [4.69, 9.17) is 4.74 Å². The fourth-order valence-electron chi connectivity index (χ4n) is 2.47. The van der Waals surface area contributed by atoms with Crippen molar-refractivity contribution in [2.45, 2.75) is 18.7 Å². The number of halogens is 4. The Morgan fingerprint density at radius 1 is 1.37 bits per heavy atom. The lowest BCUT2D eigenvalue weighted by Crippen LogP contribution is -2.23. The lowest BCUT2D eigenvalue weighted by Gasteiger charge is -2.22. The first-order valence-electron chi connectivity index (χ1n) is 6.06. The summed E-state index contributed by atoms with van der Waals surface area (Å²) in [7, 11) is 1.74. The van der Waals surface area contributed by atoms with E-state index in [1.165, 1.54) is 6.07 Å². The van der Waals surface area contributed by atoms with Crippen LogP contribution in [0.3, 0.4) is 0 Å². The first-order chi connectivity index (χ1) is 8.93. The molecule has 1 N–H and O–H groups in total. The van der Waals surface area contributed by atoms with Gasteiger partial charge in [-0.15, -0.1) is 0 Å². The summed E-state index contributed by atoms with van der Waals surface area (Å²) >= 11 is 0. The number of rotatable bonds is 3. The summed E-state index contributed by atoms with van der Waals surface area (Å²) in [5.41, 5.74) is -0.924. The highest BCUT2D eigenvalue weighted by Gasteiger charge is 2.39. The largest absolute Gasteiger partial charge is 0.416 e. The Kier molecular flexibility index (Phi) is 4.10. The van der Waals surface area contributed by atoms with Crippen LogP contribution in [0.5, 0.6) is 0 Å². The highest BCUT2D eigenvalue weighted by molar-refractivity contribution is 5.33. The zero-order valence-electron chi connectivity index (χ0n) is 10.4. The molecule has 19 heavy (non-hydrogen) atoms. The smallest absolute Gasteiger partial charge is 0.373 e. The third-order valence-electron chi connectivity index (χ3n) is 3.31. The van der Waals surface area contributed by atoms with Crippen LogP contribution in [0.1, 0.15) is 23.7 Å². The van der Waals surface area contributed by atoms with Gasteiger partial charge in [0.15, 0.2) is 0 Å². The molecule has 106 valence electrons. The topological polar surface area (TPSA) is 21.3 Å². The summed E-state index contributed by atoms with van der Waals surface area (Å²) in [6, 6.07) is 2.76. The van der Waals surface area contributed by atoms with Gasteiger partial charge in [0, 0.05) is 19.1 Å². The van der Waals surface area contributed by atoms with Crippen molar-refractivity contribution in [3.63, 3.8) is 0 Å². The zero-order valence-corrected chi connectivity index (χ0v) is 10.4. The Morgan fingerprint density at radius 3 is 2.74 bits per heavy atom. The predicted molar refractivity (Wildman–Crippen MR) is 62.1 cm³/mol. The van der Waals surface area contributed by atoms with E-state index in [-0.39, 0.29) is 11.5 Å². The molecule has 2 unspecified atom stereocenters. The van der Waals surface area contributed by atoms with Crippen LogP contribution in [-0.4, -0.2) is 20.2 Å². The van der Waals surface area contributed by atoms with E-state index in [9.17, 15) is 17.6 Å². The summed E-state index contributed by atoms with van der Waals surface area (Å²) in [4.78, 5) is 0. The highest BCUT2D eigenvalue weighted by atomic mass is 19.4. The van der Waals surface area contributed by atoms with Gasteiger partial charge in [-0.3, -0.25) is 0 Å². The fraction of sp³-hybridized carbons (Fsp3) is 0.538. The summed E-state index contributed by atoms with van der Waals surface area (Å²) in [5.74, 6) is -0.921. The number of nitrogens with one attached hydrogen (secondary N) is 1. The molecule has 6 heteroatoms. The van der Waals surface area contributed by atoms with Crippen molar-refractivity contribution >= 4 is 0 Å². The second-order valence-electron chi connectivity index (χ2n) is 4.63. The summed E-state index contributed by atoms with van der Waals surface area (Å²) < 4.78 is 57.3. The minimum atomic E-state index is -4.58. The average Bonchev–Trinajstić information content (AvgIpc) is 2.76. The molecule has 1 heterocycles. The minimum Gasteiger partial charge on any atom is -0.373 e. The molecule has 0 saturated carbocycles. The third-order valence-corrected chi connectivity index (χ3v) is 3.31. The van der Waals surface area contributed by atoms with Crippen molar-refractivity contribution in [2.75, 3.05) is 20.2 Å². The maximum absolute atomic E-state index is 13.1. The van der Waals surface area contributed by atoms with E-state index >= 15 is 0 Å². The van der Waals surface area contributed by atoms with Gasteiger partial charge in [-0.2, -0.15) is 13.2 Å². The van der Waals surface area contributed by atoms with Crippen molar-refractivity contribution < 1.29 is 22.3 Å². The van der Waals surface area contributed by atoms with E-state index in [2.05, 4.69) is 5.32 Å². The maximum Gasteiger partial charge on any atom is 0.416 e. The molecule has 1 aromatic rings. The van der Waals surface area contributed by atoms with Gasteiger partial charge in [-0.25, -0.2) is 4.39 Å². The van der Waals surface area contributed by atoms with Crippen LogP contribution in [0, 0.1) is 11.7 Å². The Bertz CT molecular complexity index is 447. The van der Waals surface area contributed by atoms with Crippen LogP contribution in [0.4, 0.5) is 17.6 Å². The SMILES string of the molecule is CNCC1CCOC1c1ccc(F)cc1C(F)(F)F. The van der Waals surface area contributed by atoms with Crippen molar-refractivity contribution in [3.8, 4) is 0 Å². The Morgan fingerprint density at radius 2 is 2.11 bits per heavy atom. The van der Waals surface area contributed by atoms with Gasteiger partial charge in [0.05, 0.1) is 11.7 Å². The van der Waals surface area contributed by atoms with E-state index < -0.39 is 23.7 Å². The molecule has 1 aliphatic rings. The van der Waals surface area contributed by atoms with Gasteiger partial charge in [0.25, 0.3) is 0 Å². The molecular formula is C13H15F4NO. The van der Waals surface area contributed by atoms with Crippen LogP contribution in [0.2, 0.25) is 0 Å².